The van der Waals surface area contributed by atoms with Gasteiger partial charge in [0.2, 0.25) is 5.95 Å². The number of carbonyl (C=O) groups is 1. The fraction of sp³-hybridized carbons (Fsp3) is 0.195. The quantitative estimate of drug-likeness (QED) is 0.185. The van der Waals surface area contributed by atoms with E-state index in [-0.39, 0.29) is 11.9 Å². The lowest BCUT2D eigenvalue weighted by Gasteiger charge is -2.39. The van der Waals surface area contributed by atoms with Crippen LogP contribution in [0.4, 0.5) is 17.5 Å². The van der Waals surface area contributed by atoms with Gasteiger partial charge in [0.1, 0.15) is 5.82 Å². The van der Waals surface area contributed by atoms with Crippen molar-refractivity contribution in [2.45, 2.75) is 38.8 Å². The molecule has 6 aromatic rings. The average molecular weight is 618 g/mol. The molecule has 0 fully saturated rings. The van der Waals surface area contributed by atoms with Crippen LogP contribution in [0.3, 0.4) is 0 Å². The predicted octanol–water partition coefficient (Wildman–Crippen LogP) is 8.92. The van der Waals surface area contributed by atoms with E-state index in [2.05, 4.69) is 103 Å². The van der Waals surface area contributed by atoms with Crippen molar-refractivity contribution in [3.05, 3.63) is 161 Å². The van der Waals surface area contributed by atoms with Crippen molar-refractivity contribution >= 4 is 34.3 Å². The first kappa shape index (κ1) is 30.2. The van der Waals surface area contributed by atoms with Crippen LogP contribution >= 0.6 is 0 Å². The molecule has 1 aliphatic heterocycles. The number of carbonyl (C=O) groups excluding carboxylic acids is 1. The molecule has 2 heterocycles. The van der Waals surface area contributed by atoms with Gasteiger partial charge in [0.15, 0.2) is 0 Å². The van der Waals surface area contributed by atoms with E-state index in [0.29, 0.717) is 30.5 Å². The number of fused-ring (bicyclic) bond motifs is 2. The molecule has 6 heteroatoms. The minimum absolute atomic E-state index is 0.0449. The van der Waals surface area contributed by atoms with Crippen molar-refractivity contribution in [1.29, 1.82) is 0 Å². The maximum absolute atomic E-state index is 14.0. The summed E-state index contributed by atoms with van der Waals surface area (Å²) in [4.78, 5) is 28.2. The van der Waals surface area contributed by atoms with Crippen LogP contribution in [0.1, 0.15) is 64.0 Å². The predicted molar refractivity (Wildman–Crippen MR) is 191 cm³/mol. The number of para-hydroxylation sites is 2. The zero-order valence-electron chi connectivity index (χ0n) is 27.1. The van der Waals surface area contributed by atoms with Gasteiger partial charge in [-0.25, -0.2) is 4.98 Å². The number of hydrogen-bond donors (Lipinski definition) is 1. The summed E-state index contributed by atoms with van der Waals surface area (Å²) in [7, 11) is 2.04. The lowest BCUT2D eigenvalue weighted by Crippen LogP contribution is -2.41. The molecule has 5 aromatic carbocycles. The van der Waals surface area contributed by atoms with Crippen LogP contribution in [0.15, 0.2) is 127 Å². The molecule has 0 saturated heterocycles. The number of amides is 1. The van der Waals surface area contributed by atoms with Gasteiger partial charge in [0, 0.05) is 36.8 Å². The van der Waals surface area contributed by atoms with Crippen molar-refractivity contribution in [1.82, 2.24) is 14.9 Å². The Morgan fingerprint density at radius 2 is 1.49 bits per heavy atom. The zero-order chi connectivity index (χ0) is 32.3. The molecule has 47 heavy (non-hydrogen) atoms. The number of hydrogen-bond acceptors (Lipinski definition) is 5. The van der Waals surface area contributed by atoms with E-state index in [1.54, 1.807) is 0 Å². The molecular formula is C41H39N5O. The van der Waals surface area contributed by atoms with Crippen LogP contribution in [0.2, 0.25) is 0 Å². The van der Waals surface area contributed by atoms with E-state index < -0.39 is 0 Å². The van der Waals surface area contributed by atoms with Crippen molar-refractivity contribution in [3.63, 3.8) is 0 Å². The van der Waals surface area contributed by atoms with E-state index in [4.69, 9.17) is 9.97 Å². The fourth-order valence-corrected chi connectivity index (χ4v) is 6.71. The first-order valence-electron chi connectivity index (χ1n) is 16.3. The standard InChI is InChI=1S/C41H39N5O/c1-28(2)32-19-11-13-23-36(32)42-39-35-22-12-14-24-37(35)43-41(44-39)45(3)27-31-18-8-10-21-34(31)38-33-20-9-7-15-29(33)25-26-46(38)40(47)30-16-5-4-6-17-30/h4-24,28,38H,25-27H2,1-3H3,(H,42,43,44). The van der Waals surface area contributed by atoms with E-state index >= 15 is 0 Å². The lowest BCUT2D eigenvalue weighted by molar-refractivity contribution is 0.0694. The second kappa shape index (κ2) is 13.1. The first-order chi connectivity index (χ1) is 23.0. The number of aromatic nitrogens is 2. The molecule has 0 saturated carbocycles. The van der Waals surface area contributed by atoms with Gasteiger partial charge in [-0.05, 0) is 70.5 Å². The third-order valence-corrected chi connectivity index (χ3v) is 9.09. The van der Waals surface area contributed by atoms with E-state index in [9.17, 15) is 4.79 Å². The number of nitrogens with one attached hydrogen (secondary N) is 1. The molecule has 0 spiro atoms. The second-order valence-corrected chi connectivity index (χ2v) is 12.5. The van der Waals surface area contributed by atoms with Crippen LogP contribution in [-0.4, -0.2) is 34.4 Å². The van der Waals surface area contributed by atoms with E-state index in [1.807, 2.05) is 60.5 Å². The lowest BCUT2D eigenvalue weighted by atomic mass is 9.85. The second-order valence-electron chi connectivity index (χ2n) is 12.5. The first-order valence-corrected chi connectivity index (χ1v) is 16.3. The Kier molecular flexibility index (Phi) is 8.40. The smallest absolute Gasteiger partial charge is 0.254 e. The molecule has 1 N–H and O–H groups in total. The minimum Gasteiger partial charge on any atom is -0.339 e. The highest BCUT2D eigenvalue weighted by Crippen LogP contribution is 2.38. The van der Waals surface area contributed by atoms with Crippen molar-refractivity contribution in [3.8, 4) is 0 Å². The number of anilines is 3. The average Bonchev–Trinajstić information content (AvgIpc) is 3.11. The summed E-state index contributed by atoms with van der Waals surface area (Å²) in [6.45, 7) is 5.63. The fourth-order valence-electron chi connectivity index (χ4n) is 6.71. The Balaban J connectivity index is 1.26. The third-order valence-electron chi connectivity index (χ3n) is 9.09. The zero-order valence-corrected chi connectivity index (χ0v) is 27.1. The number of benzene rings is 5. The van der Waals surface area contributed by atoms with Crippen LogP contribution in [-0.2, 0) is 13.0 Å². The number of nitrogens with zero attached hydrogens (tertiary/aromatic N) is 4. The maximum atomic E-state index is 14.0. The summed E-state index contributed by atoms with van der Waals surface area (Å²) in [5.74, 6) is 1.82. The molecule has 1 aliphatic rings. The molecule has 1 amide bonds. The molecule has 7 rings (SSSR count). The molecular weight excluding hydrogens is 578 g/mol. The van der Waals surface area contributed by atoms with Gasteiger partial charge in [-0.3, -0.25) is 4.79 Å². The van der Waals surface area contributed by atoms with Crippen molar-refractivity contribution in [2.75, 3.05) is 23.8 Å². The monoisotopic (exact) mass is 617 g/mol. The van der Waals surface area contributed by atoms with E-state index in [1.165, 1.54) is 16.7 Å². The van der Waals surface area contributed by atoms with Gasteiger partial charge in [0.25, 0.3) is 5.91 Å². The Bertz CT molecular complexity index is 2040. The number of rotatable bonds is 8. The summed E-state index contributed by atoms with van der Waals surface area (Å²) in [6, 6.07) is 42.9. The highest BCUT2D eigenvalue weighted by Gasteiger charge is 2.33. The van der Waals surface area contributed by atoms with Gasteiger partial charge in [-0.2, -0.15) is 4.98 Å². The highest BCUT2D eigenvalue weighted by atomic mass is 16.2. The van der Waals surface area contributed by atoms with Crippen LogP contribution < -0.4 is 10.2 Å². The molecule has 1 atom stereocenters. The van der Waals surface area contributed by atoms with Crippen LogP contribution in [0.25, 0.3) is 10.9 Å². The molecule has 0 radical (unpaired) electrons. The Morgan fingerprint density at radius 3 is 2.32 bits per heavy atom. The van der Waals surface area contributed by atoms with E-state index in [0.717, 1.165) is 40.0 Å². The van der Waals surface area contributed by atoms with Gasteiger partial charge >= 0.3 is 0 Å². The van der Waals surface area contributed by atoms with Crippen molar-refractivity contribution in [2.24, 2.45) is 0 Å². The van der Waals surface area contributed by atoms with Crippen molar-refractivity contribution < 1.29 is 4.79 Å². The molecule has 0 bridgehead atoms. The Labute approximate surface area is 276 Å². The summed E-state index contributed by atoms with van der Waals surface area (Å²) in [6.07, 6.45) is 0.827. The topological polar surface area (TPSA) is 61.4 Å². The minimum atomic E-state index is -0.209. The summed E-state index contributed by atoms with van der Waals surface area (Å²) >= 11 is 0. The molecule has 1 aromatic heterocycles. The molecule has 234 valence electrons. The normalized spacial score (nSPS) is 14.2. The van der Waals surface area contributed by atoms with Gasteiger partial charge < -0.3 is 15.1 Å². The third kappa shape index (κ3) is 6.07. The van der Waals surface area contributed by atoms with Gasteiger partial charge in [-0.1, -0.05) is 111 Å². The van der Waals surface area contributed by atoms with Gasteiger partial charge in [-0.15, -0.1) is 0 Å². The van der Waals surface area contributed by atoms with Gasteiger partial charge in [0.05, 0.1) is 11.6 Å². The summed E-state index contributed by atoms with van der Waals surface area (Å²) in [5.41, 5.74) is 8.56. The largest absolute Gasteiger partial charge is 0.339 e. The summed E-state index contributed by atoms with van der Waals surface area (Å²) in [5, 5.41) is 4.61. The Hall–Kier alpha value is -5.49. The van der Waals surface area contributed by atoms with Crippen LogP contribution in [0, 0.1) is 0 Å². The molecule has 0 aliphatic carbocycles. The summed E-state index contributed by atoms with van der Waals surface area (Å²) < 4.78 is 0. The maximum Gasteiger partial charge on any atom is 0.254 e. The molecule has 6 nitrogen and oxygen atoms in total. The SMILES string of the molecule is CC(C)c1ccccc1Nc1nc(N(C)Cc2ccccc2C2c3ccccc3CCN2C(=O)c2ccccc2)nc2ccccc12. The highest BCUT2D eigenvalue weighted by molar-refractivity contribution is 5.95. The van der Waals surface area contributed by atoms with Crippen LogP contribution in [0.5, 0.6) is 0 Å². The Morgan fingerprint density at radius 1 is 0.809 bits per heavy atom. The molecule has 1 unspecified atom stereocenters.